The van der Waals surface area contributed by atoms with Gasteiger partial charge < -0.3 is 4.90 Å². The van der Waals surface area contributed by atoms with Crippen molar-refractivity contribution in [2.75, 3.05) is 11.4 Å². The minimum atomic E-state index is -0.575. The Morgan fingerprint density at radius 2 is 1.73 bits per heavy atom. The number of fused-ring (bicyclic) bond motifs is 1. The normalized spacial score (nSPS) is 22.3. The van der Waals surface area contributed by atoms with E-state index in [1.165, 1.54) is 0 Å². The van der Waals surface area contributed by atoms with Crippen LogP contribution in [0.3, 0.4) is 0 Å². The summed E-state index contributed by atoms with van der Waals surface area (Å²) in [5.41, 5.74) is 1.02. The van der Waals surface area contributed by atoms with E-state index in [2.05, 4.69) is 15.9 Å². The standard InChI is InChI=1S/C22H19BrCl2N2O3/c1-12(20(28)13-2-4-15(23)5-3-13)14-6-7-26-19(8-14)21(29)27(22(26)30)18-10-16(24)9-17(25)11-18/h2-5,9-12,14,19H,6-8H2,1H3. The molecule has 0 bridgehead atoms. The first-order valence-electron chi connectivity index (χ1n) is 9.66. The monoisotopic (exact) mass is 508 g/mol. The fourth-order valence-electron chi connectivity index (χ4n) is 4.28. The molecule has 2 aliphatic heterocycles. The molecular formula is C22H19BrCl2N2O3. The molecule has 4 rings (SSSR count). The second-order valence-corrected chi connectivity index (χ2v) is 9.53. The molecule has 3 amide bonds. The maximum atomic E-state index is 13.1. The number of amides is 3. The van der Waals surface area contributed by atoms with E-state index in [-0.39, 0.29) is 29.6 Å². The predicted molar refractivity (Wildman–Crippen MR) is 120 cm³/mol. The third-order valence-electron chi connectivity index (χ3n) is 5.94. The second-order valence-electron chi connectivity index (χ2n) is 7.74. The SMILES string of the molecule is CC(C(=O)c1ccc(Br)cc1)C1CCN2C(=O)N(c3cc(Cl)cc(Cl)c3)C(=O)C2C1. The number of ketones is 1. The lowest BCUT2D eigenvalue weighted by Gasteiger charge is -2.35. The number of carbonyl (C=O) groups excluding carboxylic acids is 3. The molecule has 3 atom stereocenters. The van der Waals surface area contributed by atoms with Gasteiger partial charge >= 0.3 is 6.03 Å². The van der Waals surface area contributed by atoms with Gasteiger partial charge in [0, 0.05) is 32.5 Å². The summed E-state index contributed by atoms with van der Waals surface area (Å²) in [7, 11) is 0. The highest BCUT2D eigenvalue weighted by atomic mass is 79.9. The molecule has 0 radical (unpaired) electrons. The van der Waals surface area contributed by atoms with E-state index in [9.17, 15) is 14.4 Å². The van der Waals surface area contributed by atoms with Gasteiger partial charge in [0.25, 0.3) is 5.91 Å². The van der Waals surface area contributed by atoms with Gasteiger partial charge in [0.1, 0.15) is 6.04 Å². The van der Waals surface area contributed by atoms with Crippen molar-refractivity contribution in [1.82, 2.24) is 4.90 Å². The second kappa shape index (κ2) is 8.33. The van der Waals surface area contributed by atoms with Crippen molar-refractivity contribution >= 4 is 62.5 Å². The highest BCUT2D eigenvalue weighted by Gasteiger charge is 2.49. The Balaban J connectivity index is 1.53. The molecule has 0 saturated carbocycles. The number of carbonyl (C=O) groups is 3. The summed E-state index contributed by atoms with van der Waals surface area (Å²) in [5.74, 6) is -0.476. The van der Waals surface area contributed by atoms with Crippen molar-refractivity contribution in [2.24, 2.45) is 11.8 Å². The van der Waals surface area contributed by atoms with Crippen LogP contribution in [0.15, 0.2) is 46.9 Å². The molecule has 2 saturated heterocycles. The maximum absolute atomic E-state index is 13.1. The third kappa shape index (κ3) is 3.88. The smallest absolute Gasteiger partial charge is 0.312 e. The van der Waals surface area contributed by atoms with Gasteiger partial charge in [-0.25, -0.2) is 9.69 Å². The molecule has 156 valence electrons. The minimum absolute atomic E-state index is 0.0158. The van der Waals surface area contributed by atoms with Gasteiger partial charge in [-0.2, -0.15) is 0 Å². The number of urea groups is 1. The molecular weight excluding hydrogens is 491 g/mol. The molecule has 0 N–H and O–H groups in total. The Bertz CT molecular complexity index is 1010. The first kappa shape index (κ1) is 21.3. The molecule has 0 aromatic heterocycles. The van der Waals surface area contributed by atoms with Crippen molar-refractivity contribution in [3.63, 3.8) is 0 Å². The van der Waals surface area contributed by atoms with Gasteiger partial charge in [-0.3, -0.25) is 9.59 Å². The van der Waals surface area contributed by atoms with E-state index < -0.39 is 6.04 Å². The van der Waals surface area contributed by atoms with E-state index in [0.29, 0.717) is 40.7 Å². The van der Waals surface area contributed by atoms with E-state index in [1.54, 1.807) is 35.2 Å². The number of piperidine rings is 1. The Kier molecular flexibility index (Phi) is 5.93. The Labute approximate surface area is 193 Å². The van der Waals surface area contributed by atoms with E-state index in [0.717, 1.165) is 9.37 Å². The van der Waals surface area contributed by atoms with Gasteiger partial charge in [0.05, 0.1) is 5.69 Å². The topological polar surface area (TPSA) is 57.7 Å². The third-order valence-corrected chi connectivity index (χ3v) is 6.91. The number of imide groups is 1. The number of rotatable bonds is 4. The molecule has 2 heterocycles. The molecule has 2 aliphatic rings. The Morgan fingerprint density at radius 1 is 1.10 bits per heavy atom. The van der Waals surface area contributed by atoms with E-state index in [4.69, 9.17) is 23.2 Å². The summed E-state index contributed by atoms with van der Waals surface area (Å²) >= 11 is 15.5. The first-order valence-corrected chi connectivity index (χ1v) is 11.2. The van der Waals surface area contributed by atoms with Gasteiger partial charge in [-0.15, -0.1) is 0 Å². The summed E-state index contributed by atoms with van der Waals surface area (Å²) in [6, 6.07) is 11.0. The van der Waals surface area contributed by atoms with Gasteiger partial charge in [-0.05, 0) is 49.1 Å². The van der Waals surface area contributed by atoms with Crippen LogP contribution >= 0.6 is 39.1 Å². The van der Waals surface area contributed by atoms with Crippen molar-refractivity contribution in [2.45, 2.75) is 25.8 Å². The molecule has 8 heteroatoms. The molecule has 2 aromatic rings. The zero-order valence-corrected chi connectivity index (χ0v) is 19.2. The largest absolute Gasteiger partial charge is 0.332 e. The van der Waals surface area contributed by atoms with Crippen molar-refractivity contribution < 1.29 is 14.4 Å². The van der Waals surface area contributed by atoms with Crippen LogP contribution in [-0.2, 0) is 4.79 Å². The minimum Gasteiger partial charge on any atom is -0.312 e. The molecule has 2 aromatic carbocycles. The quantitative estimate of drug-likeness (QED) is 0.385. The van der Waals surface area contributed by atoms with Crippen molar-refractivity contribution in [1.29, 1.82) is 0 Å². The Morgan fingerprint density at radius 3 is 2.37 bits per heavy atom. The summed E-state index contributed by atoms with van der Waals surface area (Å²) in [5, 5.41) is 0.712. The summed E-state index contributed by atoms with van der Waals surface area (Å²) in [6.45, 7) is 2.34. The van der Waals surface area contributed by atoms with Crippen LogP contribution in [0.4, 0.5) is 10.5 Å². The molecule has 3 unspecified atom stereocenters. The number of hydrogen-bond acceptors (Lipinski definition) is 3. The molecule has 30 heavy (non-hydrogen) atoms. The average Bonchev–Trinajstić information content (AvgIpc) is 2.96. The van der Waals surface area contributed by atoms with Gasteiger partial charge in [0.2, 0.25) is 0 Å². The van der Waals surface area contributed by atoms with Crippen LogP contribution in [-0.4, -0.2) is 35.2 Å². The molecule has 0 spiro atoms. The van der Waals surface area contributed by atoms with Crippen LogP contribution in [0.1, 0.15) is 30.1 Å². The number of nitrogens with zero attached hydrogens (tertiary/aromatic N) is 2. The lowest BCUT2D eigenvalue weighted by atomic mass is 9.79. The molecule has 5 nitrogen and oxygen atoms in total. The van der Waals surface area contributed by atoms with Crippen LogP contribution in [0.25, 0.3) is 0 Å². The van der Waals surface area contributed by atoms with Crippen LogP contribution in [0.2, 0.25) is 10.0 Å². The van der Waals surface area contributed by atoms with Gasteiger partial charge in [0.15, 0.2) is 5.78 Å². The lowest BCUT2D eigenvalue weighted by molar-refractivity contribution is -0.121. The van der Waals surface area contributed by atoms with E-state index in [1.807, 2.05) is 19.1 Å². The summed E-state index contributed by atoms with van der Waals surface area (Å²) in [6.07, 6.45) is 1.13. The first-order chi connectivity index (χ1) is 14.3. The highest BCUT2D eigenvalue weighted by molar-refractivity contribution is 9.10. The van der Waals surface area contributed by atoms with Crippen molar-refractivity contribution in [3.8, 4) is 0 Å². The average molecular weight is 510 g/mol. The van der Waals surface area contributed by atoms with E-state index >= 15 is 0 Å². The predicted octanol–water partition coefficient (Wildman–Crippen LogP) is 5.82. The summed E-state index contributed by atoms with van der Waals surface area (Å²) < 4.78 is 0.913. The van der Waals surface area contributed by atoms with Crippen LogP contribution in [0, 0.1) is 11.8 Å². The fraction of sp³-hybridized carbons (Fsp3) is 0.318. The van der Waals surface area contributed by atoms with Gasteiger partial charge in [-0.1, -0.05) is 58.2 Å². The number of benzene rings is 2. The fourth-order valence-corrected chi connectivity index (χ4v) is 5.06. The molecule has 2 fully saturated rings. The van der Waals surface area contributed by atoms with Crippen molar-refractivity contribution in [3.05, 3.63) is 62.5 Å². The maximum Gasteiger partial charge on any atom is 0.332 e. The zero-order valence-electron chi connectivity index (χ0n) is 16.1. The number of anilines is 1. The summed E-state index contributed by atoms with van der Waals surface area (Å²) in [4.78, 5) is 41.7. The van der Waals surface area contributed by atoms with Crippen LogP contribution in [0.5, 0.6) is 0 Å². The highest BCUT2D eigenvalue weighted by Crippen LogP contribution is 2.38. The zero-order chi connectivity index (χ0) is 21.6. The number of Topliss-reactive ketones (excluding diaryl/α,β-unsaturated/α-hetero) is 1. The number of hydrogen-bond donors (Lipinski definition) is 0. The Hall–Kier alpha value is -1.89. The lowest BCUT2D eigenvalue weighted by Crippen LogP contribution is -2.44. The molecule has 0 aliphatic carbocycles. The van der Waals surface area contributed by atoms with Crippen LogP contribution < -0.4 is 4.90 Å². The number of halogens is 3.